The lowest BCUT2D eigenvalue weighted by atomic mass is 10.2. The van der Waals surface area contributed by atoms with Crippen molar-refractivity contribution < 1.29 is 18.3 Å². The van der Waals surface area contributed by atoms with Crippen LogP contribution in [0.1, 0.15) is 24.6 Å². The van der Waals surface area contributed by atoms with Crippen LogP contribution in [0.4, 0.5) is 8.78 Å². The Bertz CT molecular complexity index is 776. The Kier molecular flexibility index (Phi) is 5.28. The molecule has 0 radical (unpaired) electrons. The standard InChI is InChI=1S/C16H17F2N3O3/c1-3-13(22)24-14-11(2)7-9-21(15(14)23)20-10-16(17,18)12-6-4-5-8-19-12/h4-9,20H,3,10H2,1-2H3. The maximum absolute atomic E-state index is 14.1. The number of nitrogens with one attached hydrogen (secondary N) is 1. The third-order valence-electron chi connectivity index (χ3n) is 3.26. The molecule has 0 aliphatic carbocycles. The Labute approximate surface area is 137 Å². The second-order valence-corrected chi connectivity index (χ2v) is 5.08. The lowest BCUT2D eigenvalue weighted by molar-refractivity contribution is -0.134. The maximum atomic E-state index is 14.1. The molecule has 0 saturated heterocycles. The fourth-order valence-corrected chi connectivity index (χ4v) is 1.90. The van der Waals surface area contributed by atoms with Gasteiger partial charge in [0.05, 0.1) is 0 Å². The molecule has 24 heavy (non-hydrogen) atoms. The quantitative estimate of drug-likeness (QED) is 0.818. The van der Waals surface area contributed by atoms with E-state index in [1.54, 1.807) is 13.8 Å². The van der Waals surface area contributed by atoms with E-state index in [9.17, 15) is 18.4 Å². The van der Waals surface area contributed by atoms with Gasteiger partial charge in [0.1, 0.15) is 12.2 Å². The maximum Gasteiger partial charge on any atom is 0.312 e. The van der Waals surface area contributed by atoms with Crippen LogP contribution in [0.15, 0.2) is 41.5 Å². The lowest BCUT2D eigenvalue weighted by Crippen LogP contribution is -2.36. The third-order valence-corrected chi connectivity index (χ3v) is 3.26. The number of esters is 1. The van der Waals surface area contributed by atoms with Crippen LogP contribution in [0.5, 0.6) is 5.75 Å². The van der Waals surface area contributed by atoms with E-state index in [2.05, 4.69) is 10.4 Å². The first kappa shape index (κ1) is 17.6. The molecule has 8 heteroatoms. The number of carbonyl (C=O) groups is 1. The van der Waals surface area contributed by atoms with Gasteiger partial charge < -0.3 is 10.2 Å². The summed E-state index contributed by atoms with van der Waals surface area (Å²) in [7, 11) is 0. The highest BCUT2D eigenvalue weighted by atomic mass is 19.3. The van der Waals surface area contributed by atoms with Gasteiger partial charge in [-0.05, 0) is 30.7 Å². The van der Waals surface area contributed by atoms with E-state index in [-0.39, 0.29) is 12.2 Å². The number of aryl methyl sites for hydroxylation is 1. The van der Waals surface area contributed by atoms with E-state index in [1.165, 1.54) is 36.7 Å². The summed E-state index contributed by atoms with van der Waals surface area (Å²) in [5.74, 6) is -4.03. The molecular weight excluding hydrogens is 320 g/mol. The number of hydrogen-bond donors (Lipinski definition) is 1. The number of halogens is 2. The molecule has 0 fully saturated rings. The second kappa shape index (κ2) is 7.20. The molecule has 0 atom stereocenters. The minimum atomic E-state index is -3.27. The van der Waals surface area contributed by atoms with Crippen molar-refractivity contribution in [3.05, 3.63) is 58.3 Å². The number of alkyl halides is 2. The van der Waals surface area contributed by atoms with Crippen LogP contribution >= 0.6 is 0 Å². The number of carbonyl (C=O) groups excluding carboxylic acids is 1. The molecule has 0 aromatic carbocycles. The third kappa shape index (κ3) is 3.95. The van der Waals surface area contributed by atoms with Crippen LogP contribution in [0.2, 0.25) is 0 Å². The lowest BCUT2D eigenvalue weighted by Gasteiger charge is -2.18. The Balaban J connectivity index is 2.20. The zero-order chi connectivity index (χ0) is 17.7. The van der Waals surface area contributed by atoms with Crippen LogP contribution in [-0.4, -0.2) is 22.2 Å². The summed E-state index contributed by atoms with van der Waals surface area (Å²) in [6, 6.07) is 5.68. The number of hydrogen-bond acceptors (Lipinski definition) is 5. The van der Waals surface area contributed by atoms with E-state index < -0.39 is 29.7 Å². The molecule has 2 aromatic rings. The van der Waals surface area contributed by atoms with Gasteiger partial charge in [0, 0.05) is 18.8 Å². The molecule has 2 rings (SSSR count). The highest BCUT2D eigenvalue weighted by Crippen LogP contribution is 2.25. The second-order valence-electron chi connectivity index (χ2n) is 5.08. The molecular formula is C16H17F2N3O3. The van der Waals surface area contributed by atoms with Gasteiger partial charge >= 0.3 is 17.5 Å². The number of ether oxygens (including phenoxy) is 1. The minimum Gasteiger partial charge on any atom is -0.420 e. The molecule has 128 valence electrons. The Hall–Kier alpha value is -2.77. The van der Waals surface area contributed by atoms with E-state index in [0.29, 0.717) is 5.56 Å². The average molecular weight is 337 g/mol. The topological polar surface area (TPSA) is 73.2 Å². The monoisotopic (exact) mass is 337 g/mol. The summed E-state index contributed by atoms with van der Waals surface area (Å²) in [5.41, 5.74) is 1.65. The summed E-state index contributed by atoms with van der Waals surface area (Å²) in [4.78, 5) is 27.3. The molecule has 2 heterocycles. The summed E-state index contributed by atoms with van der Waals surface area (Å²) in [6.07, 6.45) is 2.66. The molecule has 0 amide bonds. The molecule has 0 unspecified atom stereocenters. The van der Waals surface area contributed by atoms with E-state index in [0.717, 1.165) is 4.68 Å². The molecule has 0 spiro atoms. The van der Waals surface area contributed by atoms with Gasteiger partial charge in [-0.15, -0.1) is 0 Å². The van der Waals surface area contributed by atoms with Gasteiger partial charge in [-0.3, -0.25) is 14.6 Å². The summed E-state index contributed by atoms with van der Waals surface area (Å²) in [6.45, 7) is 2.34. The number of aromatic nitrogens is 2. The first-order valence-electron chi connectivity index (χ1n) is 7.31. The van der Waals surface area contributed by atoms with E-state index >= 15 is 0 Å². The van der Waals surface area contributed by atoms with Gasteiger partial charge in [-0.1, -0.05) is 13.0 Å². The van der Waals surface area contributed by atoms with Crippen LogP contribution in [0, 0.1) is 6.92 Å². The van der Waals surface area contributed by atoms with Crippen molar-refractivity contribution in [2.75, 3.05) is 12.0 Å². The molecule has 0 bridgehead atoms. The van der Waals surface area contributed by atoms with Gasteiger partial charge in [-0.25, -0.2) is 4.68 Å². The van der Waals surface area contributed by atoms with Crippen molar-refractivity contribution in [3.8, 4) is 5.75 Å². The summed E-state index contributed by atoms with van der Waals surface area (Å²) >= 11 is 0. The molecule has 1 N–H and O–H groups in total. The molecule has 0 aliphatic heterocycles. The molecule has 0 aliphatic rings. The number of pyridine rings is 2. The minimum absolute atomic E-state index is 0.0962. The van der Waals surface area contributed by atoms with Crippen molar-refractivity contribution in [3.63, 3.8) is 0 Å². The average Bonchev–Trinajstić information content (AvgIpc) is 2.58. The van der Waals surface area contributed by atoms with Crippen LogP contribution < -0.4 is 15.7 Å². The zero-order valence-corrected chi connectivity index (χ0v) is 13.3. The fraction of sp³-hybridized carbons (Fsp3) is 0.312. The van der Waals surface area contributed by atoms with E-state index in [1.807, 2.05) is 0 Å². The van der Waals surface area contributed by atoms with Gasteiger partial charge in [0.2, 0.25) is 5.75 Å². The fourth-order valence-electron chi connectivity index (χ4n) is 1.90. The highest BCUT2D eigenvalue weighted by Gasteiger charge is 2.33. The first-order valence-corrected chi connectivity index (χ1v) is 7.31. The van der Waals surface area contributed by atoms with E-state index in [4.69, 9.17) is 4.74 Å². The summed E-state index contributed by atoms with van der Waals surface area (Å²) < 4.78 is 34.0. The highest BCUT2D eigenvalue weighted by molar-refractivity contribution is 5.72. The van der Waals surface area contributed by atoms with Crippen LogP contribution in [0.25, 0.3) is 0 Å². The van der Waals surface area contributed by atoms with Crippen molar-refractivity contribution in [2.45, 2.75) is 26.2 Å². The van der Waals surface area contributed by atoms with Gasteiger partial charge in [0.15, 0.2) is 0 Å². The Morgan fingerprint density at radius 1 is 1.38 bits per heavy atom. The summed E-state index contributed by atoms with van der Waals surface area (Å²) in [5, 5.41) is 0. The van der Waals surface area contributed by atoms with Crippen molar-refractivity contribution >= 4 is 5.97 Å². The number of rotatable bonds is 6. The van der Waals surface area contributed by atoms with Gasteiger partial charge in [0.25, 0.3) is 0 Å². The van der Waals surface area contributed by atoms with Crippen LogP contribution in [0.3, 0.4) is 0 Å². The first-order chi connectivity index (χ1) is 11.3. The predicted octanol–water partition coefficient (Wildman–Crippen LogP) is 2.20. The Morgan fingerprint density at radius 2 is 2.12 bits per heavy atom. The molecule has 6 nitrogen and oxygen atoms in total. The molecule has 2 aromatic heterocycles. The zero-order valence-electron chi connectivity index (χ0n) is 13.3. The van der Waals surface area contributed by atoms with Crippen molar-refractivity contribution in [1.82, 2.24) is 9.66 Å². The van der Waals surface area contributed by atoms with Crippen LogP contribution in [-0.2, 0) is 10.7 Å². The SMILES string of the molecule is CCC(=O)Oc1c(C)ccn(NCC(F)(F)c2ccccn2)c1=O. The molecule has 0 saturated carbocycles. The number of nitrogens with zero attached hydrogens (tertiary/aromatic N) is 2. The smallest absolute Gasteiger partial charge is 0.312 e. The van der Waals surface area contributed by atoms with Crippen molar-refractivity contribution in [2.24, 2.45) is 0 Å². The predicted molar refractivity (Wildman–Crippen MR) is 83.7 cm³/mol. The van der Waals surface area contributed by atoms with Crippen molar-refractivity contribution in [1.29, 1.82) is 0 Å². The Morgan fingerprint density at radius 3 is 2.75 bits per heavy atom. The largest absolute Gasteiger partial charge is 0.420 e. The normalized spacial score (nSPS) is 11.2. The van der Waals surface area contributed by atoms with Gasteiger partial charge in [-0.2, -0.15) is 8.78 Å².